The maximum absolute atomic E-state index is 13.0. The summed E-state index contributed by atoms with van der Waals surface area (Å²) in [5.74, 6) is 1.33. The highest BCUT2D eigenvalue weighted by Gasteiger charge is 2.46. The summed E-state index contributed by atoms with van der Waals surface area (Å²) in [6, 6.07) is 0. The molecule has 3 rings (SSSR count). The molecule has 2 heteroatoms. The summed E-state index contributed by atoms with van der Waals surface area (Å²) in [5.41, 5.74) is -0.0248. The largest absolute Gasteiger partial charge is 0.298 e. The Bertz CT molecular complexity index is 307. The third kappa shape index (κ3) is 2.74. The van der Waals surface area contributed by atoms with Crippen molar-refractivity contribution in [2.24, 2.45) is 5.92 Å². The monoisotopic (exact) mass is 263 g/mol. The average molecular weight is 263 g/mol. The molecular formula is C17H29NO. The van der Waals surface area contributed by atoms with Crippen molar-refractivity contribution in [2.75, 3.05) is 13.1 Å². The van der Waals surface area contributed by atoms with Gasteiger partial charge in [-0.15, -0.1) is 0 Å². The number of hydrogen-bond donors (Lipinski definition) is 0. The number of carbonyl (C=O) groups is 1. The Morgan fingerprint density at radius 2 is 1.53 bits per heavy atom. The summed E-state index contributed by atoms with van der Waals surface area (Å²) in [7, 11) is 0. The molecule has 0 radical (unpaired) electrons. The Morgan fingerprint density at radius 1 is 0.895 bits per heavy atom. The zero-order valence-electron chi connectivity index (χ0n) is 12.3. The highest BCUT2D eigenvalue weighted by atomic mass is 16.1. The van der Waals surface area contributed by atoms with Gasteiger partial charge in [-0.1, -0.05) is 44.9 Å². The van der Waals surface area contributed by atoms with Gasteiger partial charge in [-0.25, -0.2) is 0 Å². The van der Waals surface area contributed by atoms with Gasteiger partial charge in [0.1, 0.15) is 0 Å². The van der Waals surface area contributed by atoms with E-state index in [4.69, 9.17) is 0 Å². The Kier molecular flexibility index (Phi) is 4.26. The molecule has 2 saturated carbocycles. The second-order valence-electron chi connectivity index (χ2n) is 7.06. The van der Waals surface area contributed by atoms with E-state index in [9.17, 15) is 4.79 Å². The first-order valence-electron chi connectivity index (χ1n) is 8.60. The molecule has 108 valence electrons. The molecule has 3 aliphatic rings. The van der Waals surface area contributed by atoms with E-state index in [0.29, 0.717) is 5.78 Å². The van der Waals surface area contributed by atoms with Gasteiger partial charge in [-0.2, -0.15) is 0 Å². The third-order valence-corrected chi connectivity index (χ3v) is 5.86. The van der Waals surface area contributed by atoms with Gasteiger partial charge in [-0.05, 0) is 44.7 Å². The zero-order chi connectivity index (χ0) is 13.1. The quantitative estimate of drug-likeness (QED) is 0.766. The van der Waals surface area contributed by atoms with Gasteiger partial charge < -0.3 is 0 Å². The number of hydrogen-bond acceptors (Lipinski definition) is 2. The number of rotatable bonds is 4. The molecule has 1 heterocycles. The first kappa shape index (κ1) is 13.6. The summed E-state index contributed by atoms with van der Waals surface area (Å²) >= 11 is 0. The second-order valence-corrected chi connectivity index (χ2v) is 7.06. The van der Waals surface area contributed by atoms with Gasteiger partial charge in [0.25, 0.3) is 0 Å². The molecule has 0 atom stereocenters. The molecular weight excluding hydrogens is 234 g/mol. The Labute approximate surface area is 117 Å². The van der Waals surface area contributed by atoms with E-state index in [0.717, 1.165) is 25.2 Å². The Morgan fingerprint density at radius 3 is 2.16 bits per heavy atom. The van der Waals surface area contributed by atoms with Gasteiger partial charge in [0.15, 0.2) is 5.78 Å². The molecule has 1 aliphatic heterocycles. The summed E-state index contributed by atoms with van der Waals surface area (Å²) in [4.78, 5) is 15.6. The highest BCUT2D eigenvalue weighted by Crippen LogP contribution is 2.40. The molecule has 2 aliphatic carbocycles. The van der Waals surface area contributed by atoms with Crippen LogP contribution in [0.1, 0.15) is 77.0 Å². The number of nitrogens with zero attached hydrogens (tertiary/aromatic N) is 1. The molecule has 0 aromatic rings. The first-order chi connectivity index (χ1) is 9.31. The van der Waals surface area contributed by atoms with Crippen molar-refractivity contribution in [3.63, 3.8) is 0 Å². The molecule has 0 bridgehead atoms. The predicted molar refractivity (Wildman–Crippen MR) is 78.2 cm³/mol. The van der Waals surface area contributed by atoms with E-state index in [1.807, 2.05) is 0 Å². The molecule has 0 unspecified atom stereocenters. The van der Waals surface area contributed by atoms with Crippen LogP contribution < -0.4 is 0 Å². The van der Waals surface area contributed by atoms with Crippen molar-refractivity contribution in [3.05, 3.63) is 0 Å². The SMILES string of the molecule is O=C(CC1CCCC1)C1(N2CCCCC2)CCCC1. The van der Waals surface area contributed by atoms with Gasteiger partial charge >= 0.3 is 0 Å². The van der Waals surface area contributed by atoms with Crippen LogP contribution in [0, 0.1) is 5.92 Å². The van der Waals surface area contributed by atoms with E-state index in [-0.39, 0.29) is 5.54 Å². The summed E-state index contributed by atoms with van der Waals surface area (Å²) in [6.45, 7) is 2.35. The van der Waals surface area contributed by atoms with Gasteiger partial charge in [0.05, 0.1) is 5.54 Å². The lowest BCUT2D eigenvalue weighted by atomic mass is 9.83. The minimum absolute atomic E-state index is 0.0248. The van der Waals surface area contributed by atoms with Crippen LogP contribution in [0.3, 0.4) is 0 Å². The molecule has 0 amide bonds. The third-order valence-electron chi connectivity index (χ3n) is 5.86. The summed E-state index contributed by atoms with van der Waals surface area (Å²) in [6.07, 6.45) is 15.0. The number of carbonyl (C=O) groups excluding carboxylic acids is 1. The van der Waals surface area contributed by atoms with Crippen LogP contribution in [0.5, 0.6) is 0 Å². The maximum Gasteiger partial charge on any atom is 0.153 e. The molecule has 0 spiro atoms. The van der Waals surface area contributed by atoms with Crippen LogP contribution in [0.2, 0.25) is 0 Å². The fraction of sp³-hybridized carbons (Fsp3) is 0.941. The van der Waals surface area contributed by atoms with Crippen LogP contribution in [0.25, 0.3) is 0 Å². The van der Waals surface area contributed by atoms with Crippen molar-refractivity contribution in [2.45, 2.75) is 82.6 Å². The summed E-state index contributed by atoms with van der Waals surface area (Å²) in [5, 5.41) is 0. The van der Waals surface area contributed by atoms with E-state index >= 15 is 0 Å². The van der Waals surface area contributed by atoms with Crippen molar-refractivity contribution in [1.82, 2.24) is 4.90 Å². The van der Waals surface area contributed by atoms with E-state index in [1.165, 1.54) is 70.9 Å². The van der Waals surface area contributed by atoms with Crippen molar-refractivity contribution in [3.8, 4) is 0 Å². The number of piperidine rings is 1. The average Bonchev–Trinajstić information content (AvgIpc) is 3.11. The molecule has 0 aromatic carbocycles. The minimum Gasteiger partial charge on any atom is -0.298 e. The molecule has 2 nitrogen and oxygen atoms in total. The highest BCUT2D eigenvalue weighted by molar-refractivity contribution is 5.89. The van der Waals surface area contributed by atoms with E-state index in [2.05, 4.69) is 4.90 Å². The molecule has 3 fully saturated rings. The Balaban J connectivity index is 1.69. The fourth-order valence-electron chi connectivity index (χ4n) is 4.72. The topological polar surface area (TPSA) is 20.3 Å². The van der Waals surface area contributed by atoms with Gasteiger partial charge in [-0.3, -0.25) is 9.69 Å². The van der Waals surface area contributed by atoms with Gasteiger partial charge in [0.2, 0.25) is 0 Å². The molecule has 1 saturated heterocycles. The van der Waals surface area contributed by atoms with E-state index in [1.54, 1.807) is 0 Å². The van der Waals surface area contributed by atoms with E-state index < -0.39 is 0 Å². The molecule has 19 heavy (non-hydrogen) atoms. The standard InChI is InChI=1S/C17H29NO/c19-16(14-15-8-2-3-9-15)17(10-4-5-11-17)18-12-6-1-7-13-18/h15H,1-14H2. The normalized spacial score (nSPS) is 28.8. The Hall–Kier alpha value is -0.370. The van der Waals surface area contributed by atoms with Crippen molar-refractivity contribution >= 4 is 5.78 Å². The van der Waals surface area contributed by atoms with Crippen LogP contribution in [0.4, 0.5) is 0 Å². The lowest BCUT2D eigenvalue weighted by Gasteiger charge is -2.42. The van der Waals surface area contributed by atoms with Crippen molar-refractivity contribution < 1.29 is 4.79 Å². The lowest BCUT2D eigenvalue weighted by Crippen LogP contribution is -2.54. The zero-order valence-corrected chi connectivity index (χ0v) is 12.3. The smallest absolute Gasteiger partial charge is 0.153 e. The molecule has 0 aromatic heterocycles. The fourth-order valence-corrected chi connectivity index (χ4v) is 4.72. The first-order valence-corrected chi connectivity index (χ1v) is 8.60. The van der Waals surface area contributed by atoms with Crippen LogP contribution in [-0.2, 0) is 4.79 Å². The number of ketones is 1. The van der Waals surface area contributed by atoms with Crippen molar-refractivity contribution in [1.29, 1.82) is 0 Å². The minimum atomic E-state index is -0.0248. The number of Topliss-reactive ketones (excluding diaryl/α,β-unsaturated/α-hetero) is 1. The van der Waals surface area contributed by atoms with Crippen LogP contribution >= 0.6 is 0 Å². The van der Waals surface area contributed by atoms with Gasteiger partial charge in [0, 0.05) is 6.42 Å². The van der Waals surface area contributed by atoms with Crippen LogP contribution in [-0.4, -0.2) is 29.3 Å². The van der Waals surface area contributed by atoms with Crippen LogP contribution in [0.15, 0.2) is 0 Å². The number of likely N-dealkylation sites (tertiary alicyclic amines) is 1. The molecule has 0 N–H and O–H groups in total. The summed E-state index contributed by atoms with van der Waals surface area (Å²) < 4.78 is 0. The predicted octanol–water partition coefficient (Wildman–Crippen LogP) is 3.93. The second kappa shape index (κ2) is 5.95. The lowest BCUT2D eigenvalue weighted by molar-refractivity contribution is -0.133. The maximum atomic E-state index is 13.0.